The van der Waals surface area contributed by atoms with Crippen molar-refractivity contribution in [3.8, 4) is 0 Å². The molecule has 7 heteroatoms. The number of rotatable bonds is 6. The molecule has 0 aromatic carbocycles. The third-order valence-corrected chi connectivity index (χ3v) is 9.79. The first-order chi connectivity index (χ1) is 9.97. The van der Waals surface area contributed by atoms with E-state index in [0.29, 0.717) is 16.9 Å². The van der Waals surface area contributed by atoms with Crippen LogP contribution in [0.5, 0.6) is 0 Å². The fraction of sp³-hybridized carbons (Fsp3) is 0.733. The third-order valence-electron chi connectivity index (χ3n) is 4.46. The van der Waals surface area contributed by atoms with Gasteiger partial charge in [-0.15, -0.1) is 0 Å². The Labute approximate surface area is 144 Å². The zero-order valence-corrected chi connectivity index (χ0v) is 17.1. The van der Waals surface area contributed by atoms with Crippen LogP contribution in [0, 0.1) is 0 Å². The number of nitrogens with zero attached hydrogens (tertiary/aromatic N) is 2. The molecular formula is C15H27ClN2O2SSi. The second-order valence-electron chi connectivity index (χ2n) is 7.33. The fourth-order valence-electron chi connectivity index (χ4n) is 1.61. The number of aliphatic hydroxyl groups is 1. The minimum Gasteiger partial charge on any atom is -0.416 e. The van der Waals surface area contributed by atoms with Gasteiger partial charge in [-0.1, -0.05) is 51.1 Å². The molecule has 1 rings (SSSR count). The standard InChI is InChI=1S/C15H27ClN2O2SSi/c1-14(2,3)22(6,7)20-10-15(4,9-19)11-8-17-13(21-5)18-12(11)16/h8,19H,9-10H2,1-7H3. The minimum absolute atomic E-state index is 0.0662. The summed E-state index contributed by atoms with van der Waals surface area (Å²) in [7, 11) is -1.90. The summed E-state index contributed by atoms with van der Waals surface area (Å²) < 4.78 is 6.28. The van der Waals surface area contributed by atoms with E-state index in [1.54, 1.807) is 6.20 Å². The van der Waals surface area contributed by atoms with Gasteiger partial charge in [0.1, 0.15) is 5.15 Å². The summed E-state index contributed by atoms with van der Waals surface area (Å²) in [4.78, 5) is 8.54. The van der Waals surface area contributed by atoms with Gasteiger partial charge >= 0.3 is 0 Å². The summed E-state index contributed by atoms with van der Waals surface area (Å²) in [6, 6.07) is 0. The largest absolute Gasteiger partial charge is 0.416 e. The first-order valence-corrected chi connectivity index (χ1v) is 11.8. The Hall–Kier alpha value is -0.143. The quantitative estimate of drug-likeness (QED) is 0.357. The predicted molar refractivity (Wildman–Crippen MR) is 96.4 cm³/mol. The molecule has 1 aromatic rings. The highest BCUT2D eigenvalue weighted by Gasteiger charge is 2.40. The van der Waals surface area contributed by atoms with Crippen LogP contribution in [0.15, 0.2) is 11.4 Å². The second kappa shape index (κ2) is 7.17. The molecule has 0 amide bonds. The topological polar surface area (TPSA) is 55.2 Å². The van der Waals surface area contributed by atoms with Crippen molar-refractivity contribution in [2.75, 3.05) is 19.5 Å². The van der Waals surface area contributed by atoms with Crippen molar-refractivity contribution in [1.82, 2.24) is 9.97 Å². The molecule has 0 radical (unpaired) electrons. The summed E-state index contributed by atoms with van der Waals surface area (Å²) in [6.07, 6.45) is 3.60. The van der Waals surface area contributed by atoms with Gasteiger partial charge in [-0.2, -0.15) is 0 Å². The van der Waals surface area contributed by atoms with Crippen molar-refractivity contribution in [1.29, 1.82) is 0 Å². The molecule has 0 saturated carbocycles. The van der Waals surface area contributed by atoms with E-state index in [-0.39, 0.29) is 11.6 Å². The Balaban J connectivity index is 3.03. The molecule has 0 fully saturated rings. The van der Waals surface area contributed by atoms with Crippen molar-refractivity contribution >= 4 is 31.7 Å². The highest BCUT2D eigenvalue weighted by Crippen LogP contribution is 2.38. The highest BCUT2D eigenvalue weighted by atomic mass is 35.5. The van der Waals surface area contributed by atoms with Gasteiger partial charge in [0.25, 0.3) is 0 Å². The summed E-state index contributed by atoms with van der Waals surface area (Å²) in [5.74, 6) is 0. The molecule has 1 N–H and O–H groups in total. The molecule has 1 aromatic heterocycles. The summed E-state index contributed by atoms with van der Waals surface area (Å²) in [5.41, 5.74) is 0.122. The Morgan fingerprint density at radius 1 is 1.32 bits per heavy atom. The predicted octanol–water partition coefficient (Wildman–Crippen LogP) is 4.12. The first-order valence-electron chi connectivity index (χ1n) is 7.29. The Morgan fingerprint density at radius 2 is 1.91 bits per heavy atom. The van der Waals surface area contributed by atoms with Crippen LogP contribution in [0.4, 0.5) is 0 Å². The number of aliphatic hydroxyl groups excluding tert-OH is 1. The van der Waals surface area contributed by atoms with Crippen LogP contribution >= 0.6 is 23.4 Å². The lowest BCUT2D eigenvalue weighted by Gasteiger charge is -2.39. The van der Waals surface area contributed by atoms with E-state index in [4.69, 9.17) is 16.0 Å². The van der Waals surface area contributed by atoms with Crippen LogP contribution in [0.25, 0.3) is 0 Å². The molecular weight excluding hydrogens is 336 g/mol. The lowest BCUT2D eigenvalue weighted by atomic mass is 9.86. The van der Waals surface area contributed by atoms with Crippen LogP contribution in [0.1, 0.15) is 33.3 Å². The Bertz CT molecular complexity index is 523. The van der Waals surface area contributed by atoms with E-state index in [9.17, 15) is 5.11 Å². The van der Waals surface area contributed by atoms with Crippen molar-refractivity contribution in [3.63, 3.8) is 0 Å². The van der Waals surface area contributed by atoms with E-state index in [1.165, 1.54) is 11.8 Å². The number of thioether (sulfide) groups is 1. The molecule has 1 atom stereocenters. The summed E-state index contributed by atoms with van der Waals surface area (Å²) in [6.45, 7) is 13.2. The molecule has 0 aliphatic heterocycles. The number of halogens is 1. The number of hydrogen-bond donors (Lipinski definition) is 1. The van der Waals surface area contributed by atoms with E-state index < -0.39 is 13.7 Å². The van der Waals surface area contributed by atoms with Crippen molar-refractivity contribution in [2.24, 2.45) is 0 Å². The monoisotopic (exact) mass is 362 g/mol. The molecule has 126 valence electrons. The van der Waals surface area contributed by atoms with Gasteiger partial charge in [0, 0.05) is 23.8 Å². The maximum atomic E-state index is 9.91. The van der Waals surface area contributed by atoms with Crippen molar-refractivity contribution < 1.29 is 9.53 Å². The molecule has 1 unspecified atom stereocenters. The second-order valence-corrected chi connectivity index (χ2v) is 13.3. The molecule has 0 saturated heterocycles. The van der Waals surface area contributed by atoms with Crippen LogP contribution in [-0.4, -0.2) is 42.9 Å². The van der Waals surface area contributed by atoms with Crippen LogP contribution in [0.3, 0.4) is 0 Å². The van der Waals surface area contributed by atoms with E-state index in [2.05, 4.69) is 43.8 Å². The average Bonchev–Trinajstić information content (AvgIpc) is 2.43. The lowest BCUT2D eigenvalue weighted by molar-refractivity contribution is 0.133. The van der Waals surface area contributed by atoms with Gasteiger partial charge < -0.3 is 9.53 Å². The molecule has 1 heterocycles. The van der Waals surface area contributed by atoms with Crippen molar-refractivity contribution in [2.45, 2.75) is 56.4 Å². The maximum Gasteiger partial charge on any atom is 0.192 e. The van der Waals surface area contributed by atoms with Gasteiger partial charge in [0.15, 0.2) is 13.5 Å². The van der Waals surface area contributed by atoms with Gasteiger partial charge in [-0.25, -0.2) is 9.97 Å². The zero-order valence-electron chi connectivity index (χ0n) is 14.5. The van der Waals surface area contributed by atoms with Gasteiger partial charge in [0.2, 0.25) is 0 Å². The number of hydrogen-bond acceptors (Lipinski definition) is 5. The highest BCUT2D eigenvalue weighted by molar-refractivity contribution is 7.98. The minimum atomic E-state index is -1.90. The van der Waals surface area contributed by atoms with E-state index in [0.717, 1.165) is 5.56 Å². The third kappa shape index (κ3) is 4.44. The van der Waals surface area contributed by atoms with Gasteiger partial charge in [-0.3, -0.25) is 0 Å². The van der Waals surface area contributed by atoms with Crippen LogP contribution in [-0.2, 0) is 9.84 Å². The first kappa shape index (κ1) is 19.9. The van der Waals surface area contributed by atoms with Crippen LogP contribution < -0.4 is 0 Å². The smallest absolute Gasteiger partial charge is 0.192 e. The zero-order chi connectivity index (χ0) is 17.2. The maximum absolute atomic E-state index is 9.91. The molecule has 0 aliphatic carbocycles. The molecule has 0 bridgehead atoms. The summed E-state index contributed by atoms with van der Waals surface area (Å²) >= 11 is 7.73. The molecule has 4 nitrogen and oxygen atoms in total. The summed E-state index contributed by atoms with van der Waals surface area (Å²) in [5, 5.41) is 11.0. The molecule has 0 aliphatic rings. The lowest BCUT2D eigenvalue weighted by Crippen LogP contribution is -2.45. The average molecular weight is 363 g/mol. The van der Waals surface area contributed by atoms with Gasteiger partial charge in [0.05, 0.1) is 6.61 Å². The SMILES string of the molecule is CSc1ncc(C(C)(CO)CO[Si](C)(C)C(C)(C)C)c(Cl)n1. The van der Waals surface area contributed by atoms with Crippen molar-refractivity contribution in [3.05, 3.63) is 16.9 Å². The fourth-order valence-corrected chi connectivity index (χ4v) is 3.47. The normalized spacial score (nSPS) is 15.7. The van der Waals surface area contributed by atoms with Crippen LogP contribution in [0.2, 0.25) is 23.3 Å². The Kier molecular flexibility index (Phi) is 6.49. The van der Waals surface area contributed by atoms with E-state index in [1.807, 2.05) is 13.2 Å². The van der Waals surface area contributed by atoms with E-state index >= 15 is 0 Å². The molecule has 22 heavy (non-hydrogen) atoms. The molecule has 0 spiro atoms. The van der Waals surface area contributed by atoms with Gasteiger partial charge in [-0.05, 0) is 24.4 Å². The Morgan fingerprint density at radius 3 is 2.32 bits per heavy atom. The number of aromatic nitrogens is 2.